The van der Waals surface area contributed by atoms with Crippen molar-refractivity contribution in [3.8, 4) is 5.75 Å². The Balaban J connectivity index is 1.97. The number of nitrogens with one attached hydrogen (secondary N) is 1. The molecule has 2 atom stereocenters. The van der Waals surface area contributed by atoms with E-state index in [-0.39, 0.29) is 0 Å². The zero-order chi connectivity index (χ0) is 13.7. The van der Waals surface area contributed by atoms with E-state index in [0.717, 1.165) is 31.4 Å². The van der Waals surface area contributed by atoms with Gasteiger partial charge in [-0.3, -0.25) is 0 Å². The normalized spacial score (nSPS) is 18.1. The Morgan fingerprint density at radius 3 is 2.68 bits per heavy atom. The predicted molar refractivity (Wildman–Crippen MR) is 80.8 cm³/mol. The summed E-state index contributed by atoms with van der Waals surface area (Å²) in [5.41, 5.74) is 1.35. The number of hydrogen-bond acceptors (Lipinski definition) is 2. The van der Waals surface area contributed by atoms with Gasteiger partial charge in [-0.1, -0.05) is 39.0 Å². The molecule has 0 radical (unpaired) electrons. The van der Waals surface area contributed by atoms with Gasteiger partial charge in [0.15, 0.2) is 0 Å². The first-order chi connectivity index (χ1) is 9.22. The molecule has 1 fully saturated rings. The molecule has 19 heavy (non-hydrogen) atoms. The van der Waals surface area contributed by atoms with Crippen molar-refractivity contribution in [2.45, 2.75) is 52.0 Å². The molecule has 2 unspecified atom stereocenters. The average molecular weight is 261 g/mol. The fraction of sp³-hybridized carbons (Fsp3) is 0.647. The highest BCUT2D eigenvalue weighted by molar-refractivity contribution is 5.36. The molecule has 0 heterocycles. The molecule has 0 saturated heterocycles. The van der Waals surface area contributed by atoms with Crippen LogP contribution in [0.4, 0.5) is 0 Å². The first-order valence-electron chi connectivity index (χ1n) is 7.67. The third kappa shape index (κ3) is 4.24. The highest BCUT2D eigenvalue weighted by atomic mass is 16.5. The Bertz CT molecular complexity index is 387. The summed E-state index contributed by atoms with van der Waals surface area (Å²) in [5.74, 6) is 2.22. The lowest BCUT2D eigenvalue weighted by atomic mass is 9.88. The topological polar surface area (TPSA) is 21.3 Å². The molecular formula is C17H27NO. The average Bonchev–Trinajstić information content (AvgIpc) is 3.26. The van der Waals surface area contributed by atoms with Crippen LogP contribution in [0.3, 0.4) is 0 Å². The largest absolute Gasteiger partial charge is 0.493 e. The second-order valence-corrected chi connectivity index (χ2v) is 5.83. The Hall–Kier alpha value is -1.02. The van der Waals surface area contributed by atoms with Gasteiger partial charge in [0.05, 0.1) is 6.61 Å². The number of rotatable bonds is 8. The minimum atomic E-state index is 0.527. The van der Waals surface area contributed by atoms with E-state index in [2.05, 4.69) is 50.4 Å². The van der Waals surface area contributed by atoms with Crippen LogP contribution in [0.1, 0.15) is 51.5 Å². The molecule has 1 saturated carbocycles. The van der Waals surface area contributed by atoms with Gasteiger partial charge in [0.25, 0.3) is 0 Å². The van der Waals surface area contributed by atoms with Crippen LogP contribution in [0, 0.1) is 5.92 Å². The first kappa shape index (κ1) is 14.4. The third-order valence-corrected chi connectivity index (χ3v) is 4.03. The zero-order valence-electron chi connectivity index (χ0n) is 12.5. The molecule has 2 heteroatoms. The van der Waals surface area contributed by atoms with E-state index in [1.807, 2.05) is 0 Å². The molecule has 1 N–H and O–H groups in total. The molecule has 106 valence electrons. The van der Waals surface area contributed by atoms with Crippen LogP contribution in [0.2, 0.25) is 0 Å². The fourth-order valence-corrected chi connectivity index (χ4v) is 2.32. The minimum absolute atomic E-state index is 0.527. The lowest BCUT2D eigenvalue weighted by Crippen LogP contribution is -2.26. The van der Waals surface area contributed by atoms with Gasteiger partial charge in [-0.05, 0) is 49.3 Å². The van der Waals surface area contributed by atoms with Gasteiger partial charge in [0, 0.05) is 6.04 Å². The van der Waals surface area contributed by atoms with Gasteiger partial charge < -0.3 is 10.1 Å². The fourth-order valence-electron chi connectivity index (χ4n) is 2.32. The second kappa shape index (κ2) is 6.95. The van der Waals surface area contributed by atoms with Crippen LogP contribution < -0.4 is 10.1 Å². The summed E-state index contributed by atoms with van der Waals surface area (Å²) in [6.07, 6.45) is 3.77. The summed E-state index contributed by atoms with van der Waals surface area (Å²) >= 11 is 0. The number of para-hydroxylation sites is 1. The van der Waals surface area contributed by atoms with Crippen molar-refractivity contribution in [2.24, 2.45) is 5.92 Å². The molecule has 0 bridgehead atoms. The SMILES string of the molecule is CCCOc1ccccc1C(C)C(C)CNC1CC1. The molecular weight excluding hydrogens is 234 g/mol. The monoisotopic (exact) mass is 261 g/mol. The van der Waals surface area contributed by atoms with E-state index in [4.69, 9.17) is 4.74 Å². The van der Waals surface area contributed by atoms with Crippen molar-refractivity contribution in [1.29, 1.82) is 0 Å². The summed E-state index contributed by atoms with van der Waals surface area (Å²) in [7, 11) is 0. The molecule has 1 aliphatic rings. The Labute approximate surface area is 117 Å². The van der Waals surface area contributed by atoms with Crippen molar-refractivity contribution in [3.05, 3.63) is 29.8 Å². The quantitative estimate of drug-likeness (QED) is 0.764. The van der Waals surface area contributed by atoms with Crippen molar-refractivity contribution in [3.63, 3.8) is 0 Å². The lowest BCUT2D eigenvalue weighted by Gasteiger charge is -2.23. The van der Waals surface area contributed by atoms with Crippen molar-refractivity contribution >= 4 is 0 Å². The maximum atomic E-state index is 5.88. The second-order valence-electron chi connectivity index (χ2n) is 5.83. The van der Waals surface area contributed by atoms with Gasteiger partial charge in [-0.2, -0.15) is 0 Å². The lowest BCUT2D eigenvalue weighted by molar-refractivity contribution is 0.308. The van der Waals surface area contributed by atoms with Crippen molar-refractivity contribution in [1.82, 2.24) is 5.32 Å². The summed E-state index contributed by atoms with van der Waals surface area (Å²) in [6.45, 7) is 8.70. The van der Waals surface area contributed by atoms with Crippen LogP contribution in [-0.4, -0.2) is 19.2 Å². The third-order valence-electron chi connectivity index (χ3n) is 4.03. The highest BCUT2D eigenvalue weighted by Crippen LogP contribution is 2.32. The van der Waals surface area contributed by atoms with Crippen LogP contribution in [0.25, 0.3) is 0 Å². The first-order valence-corrected chi connectivity index (χ1v) is 7.67. The van der Waals surface area contributed by atoms with E-state index in [0.29, 0.717) is 11.8 Å². The molecule has 1 aliphatic carbocycles. The molecule has 1 aromatic carbocycles. The van der Waals surface area contributed by atoms with Gasteiger partial charge in [-0.15, -0.1) is 0 Å². The van der Waals surface area contributed by atoms with Crippen LogP contribution in [0.5, 0.6) is 5.75 Å². The highest BCUT2D eigenvalue weighted by Gasteiger charge is 2.23. The smallest absolute Gasteiger partial charge is 0.122 e. The van der Waals surface area contributed by atoms with Gasteiger partial charge >= 0.3 is 0 Å². The van der Waals surface area contributed by atoms with E-state index in [1.54, 1.807) is 0 Å². The number of hydrogen-bond donors (Lipinski definition) is 1. The predicted octanol–water partition coefficient (Wildman–Crippen LogP) is 3.97. The molecule has 1 aromatic rings. The Kier molecular flexibility index (Phi) is 5.26. The maximum absolute atomic E-state index is 5.88. The van der Waals surface area contributed by atoms with Crippen LogP contribution >= 0.6 is 0 Å². The molecule has 0 spiro atoms. The van der Waals surface area contributed by atoms with E-state index in [1.165, 1.54) is 18.4 Å². The minimum Gasteiger partial charge on any atom is -0.493 e. The maximum Gasteiger partial charge on any atom is 0.122 e. The summed E-state index contributed by atoms with van der Waals surface area (Å²) < 4.78 is 5.88. The Morgan fingerprint density at radius 1 is 1.26 bits per heavy atom. The van der Waals surface area contributed by atoms with Crippen LogP contribution in [0.15, 0.2) is 24.3 Å². The molecule has 0 aromatic heterocycles. The number of benzene rings is 1. The molecule has 2 nitrogen and oxygen atoms in total. The molecule has 0 amide bonds. The van der Waals surface area contributed by atoms with E-state index in [9.17, 15) is 0 Å². The van der Waals surface area contributed by atoms with E-state index < -0.39 is 0 Å². The van der Waals surface area contributed by atoms with E-state index >= 15 is 0 Å². The Morgan fingerprint density at radius 2 is 2.00 bits per heavy atom. The molecule has 0 aliphatic heterocycles. The number of ether oxygens (including phenoxy) is 1. The van der Waals surface area contributed by atoms with Gasteiger partial charge in [-0.25, -0.2) is 0 Å². The standard InChI is InChI=1S/C17H27NO/c1-4-11-19-17-8-6-5-7-16(17)14(3)13(2)12-18-15-9-10-15/h5-8,13-15,18H,4,9-12H2,1-3H3. The zero-order valence-corrected chi connectivity index (χ0v) is 12.5. The molecule has 2 rings (SSSR count). The summed E-state index contributed by atoms with van der Waals surface area (Å²) in [6, 6.07) is 9.28. The van der Waals surface area contributed by atoms with Gasteiger partial charge in [0.2, 0.25) is 0 Å². The van der Waals surface area contributed by atoms with Crippen LogP contribution in [-0.2, 0) is 0 Å². The van der Waals surface area contributed by atoms with Crippen molar-refractivity contribution < 1.29 is 4.74 Å². The van der Waals surface area contributed by atoms with Crippen molar-refractivity contribution in [2.75, 3.05) is 13.2 Å². The van der Waals surface area contributed by atoms with Gasteiger partial charge in [0.1, 0.15) is 5.75 Å². The summed E-state index contributed by atoms with van der Waals surface area (Å²) in [4.78, 5) is 0. The summed E-state index contributed by atoms with van der Waals surface area (Å²) in [5, 5.41) is 3.63.